The number of nitriles is 1. The first kappa shape index (κ1) is 18.0. The molecule has 1 aromatic carbocycles. The molecule has 0 aliphatic carbocycles. The van der Waals surface area contributed by atoms with Gasteiger partial charge in [0.2, 0.25) is 0 Å². The molecular formula is C21H27N3. The average Bonchev–Trinajstić information content (AvgIpc) is 2.61. The summed E-state index contributed by atoms with van der Waals surface area (Å²) in [6.07, 6.45) is 7.58. The number of nitrogens with two attached hydrogens (primary N) is 1. The van der Waals surface area contributed by atoms with Crippen molar-refractivity contribution < 1.29 is 0 Å². The third-order valence-electron chi connectivity index (χ3n) is 4.38. The van der Waals surface area contributed by atoms with Crippen LogP contribution >= 0.6 is 0 Å². The van der Waals surface area contributed by atoms with Crippen LogP contribution in [0.25, 0.3) is 11.1 Å². The Morgan fingerprint density at radius 3 is 2.33 bits per heavy atom. The van der Waals surface area contributed by atoms with E-state index in [1.54, 1.807) is 0 Å². The Morgan fingerprint density at radius 2 is 1.71 bits per heavy atom. The lowest BCUT2D eigenvalue weighted by Gasteiger charge is -2.17. The smallest absolute Gasteiger partial charge is 0.142 e. The summed E-state index contributed by atoms with van der Waals surface area (Å²) in [6, 6.07) is 12.4. The van der Waals surface area contributed by atoms with E-state index in [2.05, 4.69) is 37.0 Å². The second-order valence-electron chi connectivity index (χ2n) is 6.21. The predicted octanol–water partition coefficient (Wildman–Crippen LogP) is 5.28. The number of hydrogen-bond donors (Lipinski definition) is 1. The van der Waals surface area contributed by atoms with E-state index >= 15 is 0 Å². The van der Waals surface area contributed by atoms with Crippen molar-refractivity contribution in [3.8, 4) is 17.2 Å². The lowest BCUT2D eigenvalue weighted by atomic mass is 9.90. The van der Waals surface area contributed by atoms with Crippen LogP contribution in [0.4, 0.5) is 5.82 Å². The number of benzene rings is 1. The number of hydrogen-bond acceptors (Lipinski definition) is 3. The molecule has 24 heavy (non-hydrogen) atoms. The van der Waals surface area contributed by atoms with Gasteiger partial charge in [-0.25, -0.2) is 4.98 Å². The number of nitrogen functional groups attached to an aromatic ring is 1. The summed E-state index contributed by atoms with van der Waals surface area (Å²) in [5, 5.41) is 9.65. The topological polar surface area (TPSA) is 62.7 Å². The molecule has 0 amide bonds. The molecular weight excluding hydrogens is 294 g/mol. The standard InChI is InChI=1S/C21H27N3/c1-3-5-8-14-19-17(13-6-4-2)20(16-11-9-7-10-12-16)18(15-22)21(23)24-19/h7,9-12H,3-6,8,13-14H2,1-2H3,(H2,23,24). The van der Waals surface area contributed by atoms with Gasteiger partial charge in [0.1, 0.15) is 17.5 Å². The van der Waals surface area contributed by atoms with Crippen molar-refractivity contribution >= 4 is 5.82 Å². The van der Waals surface area contributed by atoms with Gasteiger partial charge in [-0.15, -0.1) is 0 Å². The largest absolute Gasteiger partial charge is 0.383 e. The van der Waals surface area contributed by atoms with Crippen LogP contribution in [0.5, 0.6) is 0 Å². The highest BCUT2D eigenvalue weighted by Gasteiger charge is 2.19. The maximum absolute atomic E-state index is 9.65. The SMILES string of the molecule is CCCCCc1nc(N)c(C#N)c(-c2ccccc2)c1CCCC. The Morgan fingerprint density at radius 1 is 1.00 bits per heavy atom. The summed E-state index contributed by atoms with van der Waals surface area (Å²) in [5.74, 6) is 0.364. The molecule has 0 bridgehead atoms. The van der Waals surface area contributed by atoms with Gasteiger partial charge < -0.3 is 5.73 Å². The molecule has 1 heterocycles. The predicted molar refractivity (Wildman–Crippen MR) is 101 cm³/mol. The van der Waals surface area contributed by atoms with E-state index in [1.807, 2.05) is 18.2 Å². The van der Waals surface area contributed by atoms with Crippen molar-refractivity contribution in [1.82, 2.24) is 4.98 Å². The van der Waals surface area contributed by atoms with E-state index in [0.717, 1.165) is 48.9 Å². The third kappa shape index (κ3) is 4.14. The number of anilines is 1. The van der Waals surface area contributed by atoms with Gasteiger partial charge in [-0.05, 0) is 36.8 Å². The normalized spacial score (nSPS) is 10.5. The number of aromatic nitrogens is 1. The van der Waals surface area contributed by atoms with Crippen LogP contribution in [-0.4, -0.2) is 4.98 Å². The zero-order valence-electron chi connectivity index (χ0n) is 14.8. The number of rotatable bonds is 8. The minimum Gasteiger partial charge on any atom is -0.383 e. The summed E-state index contributed by atoms with van der Waals surface area (Å²) in [5.41, 5.74) is 11.0. The van der Waals surface area contributed by atoms with Gasteiger partial charge in [-0.2, -0.15) is 5.26 Å². The monoisotopic (exact) mass is 321 g/mol. The summed E-state index contributed by atoms with van der Waals surface area (Å²) in [7, 11) is 0. The van der Waals surface area contributed by atoms with Crippen LogP contribution in [0.3, 0.4) is 0 Å². The number of unbranched alkanes of at least 4 members (excludes halogenated alkanes) is 3. The maximum Gasteiger partial charge on any atom is 0.142 e. The lowest BCUT2D eigenvalue weighted by Crippen LogP contribution is -2.08. The van der Waals surface area contributed by atoms with E-state index in [-0.39, 0.29) is 0 Å². The van der Waals surface area contributed by atoms with Crippen molar-refractivity contribution in [2.45, 2.75) is 58.8 Å². The average molecular weight is 321 g/mol. The first-order valence-electron chi connectivity index (χ1n) is 8.99. The molecule has 0 atom stereocenters. The Labute approximate surface area is 145 Å². The molecule has 0 unspecified atom stereocenters. The molecule has 2 rings (SSSR count). The van der Waals surface area contributed by atoms with Crippen molar-refractivity contribution in [3.05, 3.63) is 47.2 Å². The van der Waals surface area contributed by atoms with Gasteiger partial charge in [0.05, 0.1) is 0 Å². The third-order valence-corrected chi connectivity index (χ3v) is 4.38. The molecule has 0 spiro atoms. The fourth-order valence-electron chi connectivity index (χ4n) is 3.10. The van der Waals surface area contributed by atoms with E-state index < -0.39 is 0 Å². The van der Waals surface area contributed by atoms with Crippen molar-refractivity contribution in [1.29, 1.82) is 5.26 Å². The fourth-order valence-corrected chi connectivity index (χ4v) is 3.10. The second kappa shape index (κ2) is 9.08. The summed E-state index contributed by atoms with van der Waals surface area (Å²) in [4.78, 5) is 4.61. The van der Waals surface area contributed by atoms with Gasteiger partial charge in [-0.3, -0.25) is 0 Å². The first-order valence-corrected chi connectivity index (χ1v) is 8.99. The Kier molecular flexibility index (Phi) is 6.81. The molecule has 3 nitrogen and oxygen atoms in total. The molecule has 2 aromatic rings. The molecule has 0 radical (unpaired) electrons. The van der Waals surface area contributed by atoms with Crippen molar-refractivity contribution in [3.63, 3.8) is 0 Å². The molecule has 0 fully saturated rings. The molecule has 0 aliphatic rings. The van der Waals surface area contributed by atoms with Crippen LogP contribution in [0.2, 0.25) is 0 Å². The highest BCUT2D eigenvalue weighted by atomic mass is 14.9. The summed E-state index contributed by atoms with van der Waals surface area (Å²) in [6.45, 7) is 4.39. The number of nitrogens with zero attached hydrogens (tertiary/aromatic N) is 2. The van der Waals surface area contributed by atoms with Gasteiger partial charge in [0.15, 0.2) is 0 Å². The number of pyridine rings is 1. The Bertz CT molecular complexity index is 699. The van der Waals surface area contributed by atoms with Crippen LogP contribution < -0.4 is 5.73 Å². The molecule has 126 valence electrons. The molecule has 0 saturated heterocycles. The highest BCUT2D eigenvalue weighted by Crippen LogP contribution is 2.33. The summed E-state index contributed by atoms with van der Waals surface area (Å²) < 4.78 is 0. The molecule has 3 heteroatoms. The van der Waals surface area contributed by atoms with Gasteiger partial charge in [-0.1, -0.05) is 63.4 Å². The highest BCUT2D eigenvalue weighted by molar-refractivity contribution is 5.79. The van der Waals surface area contributed by atoms with Gasteiger partial charge in [0.25, 0.3) is 0 Å². The molecule has 1 aromatic heterocycles. The lowest BCUT2D eigenvalue weighted by molar-refractivity contribution is 0.696. The minimum absolute atomic E-state index is 0.364. The Balaban J connectivity index is 2.60. The minimum atomic E-state index is 0.364. The van der Waals surface area contributed by atoms with Crippen LogP contribution in [0, 0.1) is 11.3 Å². The Hall–Kier alpha value is -2.34. The van der Waals surface area contributed by atoms with Crippen LogP contribution in [-0.2, 0) is 12.8 Å². The van der Waals surface area contributed by atoms with E-state index in [1.165, 1.54) is 18.4 Å². The quantitative estimate of drug-likeness (QED) is 0.673. The van der Waals surface area contributed by atoms with E-state index in [9.17, 15) is 5.26 Å². The molecule has 0 saturated carbocycles. The summed E-state index contributed by atoms with van der Waals surface area (Å²) >= 11 is 0. The van der Waals surface area contributed by atoms with E-state index in [0.29, 0.717) is 11.4 Å². The molecule has 2 N–H and O–H groups in total. The van der Waals surface area contributed by atoms with Crippen LogP contribution in [0.1, 0.15) is 62.8 Å². The maximum atomic E-state index is 9.65. The van der Waals surface area contributed by atoms with Crippen molar-refractivity contribution in [2.75, 3.05) is 5.73 Å². The fraction of sp³-hybridized carbons (Fsp3) is 0.429. The second-order valence-corrected chi connectivity index (χ2v) is 6.21. The van der Waals surface area contributed by atoms with Gasteiger partial charge >= 0.3 is 0 Å². The first-order chi connectivity index (χ1) is 11.7. The van der Waals surface area contributed by atoms with Gasteiger partial charge in [0, 0.05) is 11.3 Å². The zero-order chi connectivity index (χ0) is 17.4. The zero-order valence-corrected chi connectivity index (χ0v) is 14.8. The van der Waals surface area contributed by atoms with Crippen molar-refractivity contribution in [2.24, 2.45) is 0 Å². The number of aryl methyl sites for hydroxylation is 1. The molecule has 0 aliphatic heterocycles. The van der Waals surface area contributed by atoms with E-state index in [4.69, 9.17) is 5.73 Å². The van der Waals surface area contributed by atoms with Crippen LogP contribution in [0.15, 0.2) is 30.3 Å².